The SMILES string of the molecule is Cc1cc(N2C(=O)CC(N3CCN(c4ccccc4O)CC3)C2=O)no1. The van der Waals surface area contributed by atoms with E-state index in [2.05, 4.69) is 10.1 Å². The van der Waals surface area contributed by atoms with Crippen molar-refractivity contribution in [3.05, 3.63) is 36.1 Å². The lowest BCUT2D eigenvalue weighted by molar-refractivity contribution is -0.123. The van der Waals surface area contributed by atoms with Crippen LogP contribution in [0.2, 0.25) is 0 Å². The fourth-order valence-electron chi connectivity index (χ4n) is 3.61. The van der Waals surface area contributed by atoms with Gasteiger partial charge in [0, 0.05) is 32.2 Å². The first-order valence-electron chi connectivity index (χ1n) is 8.61. The van der Waals surface area contributed by atoms with E-state index in [9.17, 15) is 14.7 Å². The van der Waals surface area contributed by atoms with E-state index >= 15 is 0 Å². The number of aromatic hydroxyl groups is 1. The van der Waals surface area contributed by atoms with Crippen LogP contribution in [0.3, 0.4) is 0 Å². The van der Waals surface area contributed by atoms with Crippen LogP contribution in [0.25, 0.3) is 0 Å². The molecule has 4 rings (SSSR count). The number of anilines is 2. The molecule has 0 radical (unpaired) electrons. The Kier molecular flexibility index (Phi) is 4.12. The highest BCUT2D eigenvalue weighted by Gasteiger charge is 2.44. The molecule has 1 atom stereocenters. The van der Waals surface area contributed by atoms with Gasteiger partial charge >= 0.3 is 0 Å². The number of benzene rings is 1. The maximum atomic E-state index is 12.8. The highest BCUT2D eigenvalue weighted by atomic mass is 16.5. The molecule has 2 aliphatic heterocycles. The number of amides is 2. The van der Waals surface area contributed by atoms with Gasteiger partial charge in [-0.15, -0.1) is 0 Å². The molecular formula is C18H20N4O4. The summed E-state index contributed by atoms with van der Waals surface area (Å²) in [4.78, 5) is 30.3. The van der Waals surface area contributed by atoms with Crippen molar-refractivity contribution in [2.75, 3.05) is 36.0 Å². The van der Waals surface area contributed by atoms with Gasteiger partial charge in [0.15, 0.2) is 5.82 Å². The maximum absolute atomic E-state index is 12.8. The van der Waals surface area contributed by atoms with Gasteiger partial charge in [-0.2, -0.15) is 0 Å². The van der Waals surface area contributed by atoms with E-state index in [1.807, 2.05) is 17.0 Å². The second-order valence-electron chi connectivity index (χ2n) is 6.59. The molecule has 0 spiro atoms. The zero-order valence-electron chi connectivity index (χ0n) is 14.5. The molecule has 1 aromatic carbocycles. The minimum atomic E-state index is -0.467. The summed E-state index contributed by atoms with van der Waals surface area (Å²) in [7, 11) is 0. The van der Waals surface area contributed by atoms with Crippen LogP contribution < -0.4 is 9.80 Å². The first-order valence-corrected chi connectivity index (χ1v) is 8.61. The second-order valence-corrected chi connectivity index (χ2v) is 6.59. The molecule has 2 fully saturated rings. The van der Waals surface area contributed by atoms with Gasteiger partial charge in [-0.05, 0) is 19.1 Å². The van der Waals surface area contributed by atoms with Crippen molar-refractivity contribution in [1.29, 1.82) is 0 Å². The number of aryl methyl sites for hydroxylation is 1. The molecule has 2 aliphatic rings. The number of hydrogen-bond acceptors (Lipinski definition) is 7. The summed E-state index contributed by atoms with van der Waals surface area (Å²) in [6.45, 7) is 4.36. The average Bonchev–Trinajstić information content (AvgIpc) is 3.18. The van der Waals surface area contributed by atoms with Crippen molar-refractivity contribution >= 4 is 23.3 Å². The van der Waals surface area contributed by atoms with Gasteiger partial charge in [0.25, 0.3) is 5.91 Å². The van der Waals surface area contributed by atoms with Gasteiger partial charge in [-0.25, -0.2) is 4.90 Å². The third-order valence-electron chi connectivity index (χ3n) is 4.94. The molecule has 8 heteroatoms. The largest absolute Gasteiger partial charge is 0.506 e. The van der Waals surface area contributed by atoms with Gasteiger partial charge in [-0.3, -0.25) is 14.5 Å². The Labute approximate surface area is 150 Å². The second kappa shape index (κ2) is 6.45. The van der Waals surface area contributed by atoms with E-state index in [1.54, 1.807) is 25.1 Å². The third kappa shape index (κ3) is 2.82. The highest BCUT2D eigenvalue weighted by molar-refractivity contribution is 6.21. The number of rotatable bonds is 3. The van der Waals surface area contributed by atoms with Crippen LogP contribution >= 0.6 is 0 Å². The predicted octanol–water partition coefficient (Wildman–Crippen LogP) is 1.14. The molecular weight excluding hydrogens is 336 g/mol. The minimum absolute atomic E-state index is 0.154. The van der Waals surface area contributed by atoms with E-state index in [-0.39, 0.29) is 29.8 Å². The van der Waals surface area contributed by atoms with Crippen molar-refractivity contribution in [1.82, 2.24) is 10.1 Å². The predicted molar refractivity (Wildman–Crippen MR) is 94.0 cm³/mol. The highest BCUT2D eigenvalue weighted by Crippen LogP contribution is 2.29. The number of imide groups is 1. The zero-order valence-corrected chi connectivity index (χ0v) is 14.5. The summed E-state index contributed by atoms with van der Waals surface area (Å²) >= 11 is 0. The minimum Gasteiger partial charge on any atom is -0.506 e. The Morgan fingerprint density at radius 3 is 2.54 bits per heavy atom. The molecule has 0 saturated carbocycles. The molecule has 2 aromatic rings. The molecule has 2 amide bonds. The molecule has 1 unspecified atom stereocenters. The number of phenols is 1. The standard InChI is InChI=1S/C18H20N4O4/c1-12-10-16(19-26-12)22-17(24)11-14(18(22)25)21-8-6-20(7-9-21)13-4-2-3-5-15(13)23/h2-5,10,14,23H,6-9,11H2,1H3. The van der Waals surface area contributed by atoms with Crippen molar-refractivity contribution < 1.29 is 19.2 Å². The lowest BCUT2D eigenvalue weighted by atomic mass is 10.1. The van der Waals surface area contributed by atoms with Crippen LogP contribution in [0.5, 0.6) is 5.75 Å². The number of para-hydroxylation sites is 2. The summed E-state index contributed by atoms with van der Waals surface area (Å²) in [5, 5.41) is 13.8. The van der Waals surface area contributed by atoms with E-state index in [0.29, 0.717) is 31.9 Å². The quantitative estimate of drug-likeness (QED) is 0.825. The van der Waals surface area contributed by atoms with Crippen molar-refractivity contribution in [2.24, 2.45) is 0 Å². The summed E-state index contributed by atoms with van der Waals surface area (Å²) in [6, 6.07) is 8.35. The van der Waals surface area contributed by atoms with Gasteiger partial charge < -0.3 is 14.5 Å². The Morgan fingerprint density at radius 2 is 1.88 bits per heavy atom. The number of aromatic nitrogens is 1. The molecule has 0 bridgehead atoms. The Hall–Kier alpha value is -2.87. The Bertz CT molecular complexity index is 841. The van der Waals surface area contributed by atoms with Crippen molar-refractivity contribution in [3.63, 3.8) is 0 Å². The smallest absolute Gasteiger partial charge is 0.252 e. The van der Waals surface area contributed by atoms with Crippen LogP contribution in [-0.2, 0) is 9.59 Å². The molecule has 26 heavy (non-hydrogen) atoms. The van der Waals surface area contributed by atoms with Gasteiger partial charge in [0.1, 0.15) is 11.5 Å². The fraction of sp³-hybridized carbons (Fsp3) is 0.389. The lowest BCUT2D eigenvalue weighted by Crippen LogP contribution is -2.52. The number of phenolic OH excluding ortho intramolecular Hbond substituents is 1. The van der Waals surface area contributed by atoms with Gasteiger partial charge in [-0.1, -0.05) is 17.3 Å². The van der Waals surface area contributed by atoms with E-state index < -0.39 is 6.04 Å². The molecule has 0 aliphatic carbocycles. The van der Waals surface area contributed by atoms with Crippen LogP contribution in [-0.4, -0.2) is 59.2 Å². The number of nitrogens with zero attached hydrogens (tertiary/aromatic N) is 4. The summed E-state index contributed by atoms with van der Waals surface area (Å²) in [6.07, 6.45) is 0.154. The Balaban J connectivity index is 1.44. The van der Waals surface area contributed by atoms with Crippen molar-refractivity contribution in [2.45, 2.75) is 19.4 Å². The monoisotopic (exact) mass is 356 g/mol. The van der Waals surface area contributed by atoms with Crippen LogP contribution in [0, 0.1) is 6.92 Å². The lowest BCUT2D eigenvalue weighted by Gasteiger charge is -2.38. The van der Waals surface area contributed by atoms with Crippen molar-refractivity contribution in [3.8, 4) is 5.75 Å². The zero-order chi connectivity index (χ0) is 18.3. The first kappa shape index (κ1) is 16.6. The summed E-state index contributed by atoms with van der Waals surface area (Å²) < 4.78 is 4.99. The molecule has 1 aromatic heterocycles. The number of carbonyl (C=O) groups is 2. The number of hydrogen-bond donors (Lipinski definition) is 1. The molecule has 1 N–H and O–H groups in total. The molecule has 3 heterocycles. The normalized spacial score (nSPS) is 21.7. The van der Waals surface area contributed by atoms with Gasteiger partial charge in [0.05, 0.1) is 18.2 Å². The van der Waals surface area contributed by atoms with Gasteiger partial charge in [0.2, 0.25) is 5.91 Å². The Morgan fingerprint density at radius 1 is 1.15 bits per heavy atom. The number of carbonyl (C=O) groups excluding carboxylic acids is 2. The van der Waals surface area contributed by atoms with Crippen LogP contribution in [0.15, 0.2) is 34.9 Å². The molecule has 2 saturated heterocycles. The van der Waals surface area contributed by atoms with E-state index in [1.165, 1.54) is 0 Å². The molecule has 8 nitrogen and oxygen atoms in total. The first-order chi connectivity index (χ1) is 12.5. The average molecular weight is 356 g/mol. The fourth-order valence-corrected chi connectivity index (χ4v) is 3.61. The molecule has 136 valence electrons. The number of piperazine rings is 1. The topological polar surface area (TPSA) is 90.1 Å². The van der Waals surface area contributed by atoms with Crippen LogP contribution in [0.4, 0.5) is 11.5 Å². The van der Waals surface area contributed by atoms with E-state index in [0.717, 1.165) is 10.6 Å². The van der Waals surface area contributed by atoms with Crippen LogP contribution in [0.1, 0.15) is 12.2 Å². The third-order valence-corrected chi connectivity index (χ3v) is 4.94. The summed E-state index contributed by atoms with van der Waals surface area (Å²) in [5.74, 6) is 0.560. The maximum Gasteiger partial charge on any atom is 0.252 e. The van der Waals surface area contributed by atoms with E-state index in [4.69, 9.17) is 4.52 Å². The summed E-state index contributed by atoms with van der Waals surface area (Å²) in [5.41, 5.74) is 0.792.